The molecule has 7 nitrogen and oxygen atoms in total. The highest BCUT2D eigenvalue weighted by molar-refractivity contribution is 6.01. The van der Waals surface area contributed by atoms with E-state index in [-0.39, 0.29) is 6.03 Å². The van der Waals surface area contributed by atoms with Crippen LogP contribution in [0.25, 0.3) is 33.4 Å². The predicted octanol–water partition coefficient (Wildman–Crippen LogP) is 6.07. The van der Waals surface area contributed by atoms with E-state index in [1.54, 1.807) is 6.20 Å². The van der Waals surface area contributed by atoms with Gasteiger partial charge in [-0.15, -0.1) is 0 Å². The number of nitrogens with zero attached hydrogens (tertiary/aromatic N) is 3. The molecule has 0 saturated carbocycles. The zero-order chi connectivity index (χ0) is 22.8. The van der Waals surface area contributed by atoms with E-state index >= 15 is 0 Å². The van der Waals surface area contributed by atoms with Gasteiger partial charge in [0.15, 0.2) is 0 Å². The molecule has 0 unspecified atom stereocenters. The van der Waals surface area contributed by atoms with Crippen molar-refractivity contribution in [2.75, 3.05) is 10.6 Å². The van der Waals surface area contributed by atoms with Crippen LogP contribution >= 0.6 is 0 Å². The van der Waals surface area contributed by atoms with Crippen LogP contribution in [0.5, 0.6) is 0 Å². The molecule has 0 atom stereocenters. The Bertz CT molecular complexity index is 1430. The number of H-pyrrole nitrogens is 1. The number of hydrogen-bond acceptors (Lipinski definition) is 3. The summed E-state index contributed by atoms with van der Waals surface area (Å²) in [5.74, 6) is 0. The van der Waals surface area contributed by atoms with Crippen LogP contribution in [-0.2, 0) is 6.54 Å². The van der Waals surface area contributed by atoms with Gasteiger partial charge in [-0.25, -0.2) is 9.78 Å². The van der Waals surface area contributed by atoms with E-state index in [4.69, 9.17) is 5.10 Å². The van der Waals surface area contributed by atoms with Gasteiger partial charge in [0, 0.05) is 53.0 Å². The van der Waals surface area contributed by atoms with Gasteiger partial charge in [-0.3, -0.25) is 4.68 Å². The van der Waals surface area contributed by atoms with Crippen molar-refractivity contribution >= 4 is 28.4 Å². The standard InChI is InChI=1S/C26H24N6O/c1-3-32-16-23(21-11-13-27-25-22(21)12-14-28-25)24(31-32)18-5-4-6-20(15-18)30-26(33)29-19-9-7-17(2)8-10-19/h4-16H,3H2,1-2H3,(H,27,28)(H2,29,30,33). The zero-order valence-electron chi connectivity index (χ0n) is 18.5. The number of aromatic nitrogens is 4. The number of carbonyl (C=O) groups excluding carboxylic acids is 1. The number of rotatable bonds is 5. The lowest BCUT2D eigenvalue weighted by molar-refractivity contribution is 0.262. The van der Waals surface area contributed by atoms with Gasteiger partial charge in [-0.2, -0.15) is 5.10 Å². The molecule has 3 heterocycles. The maximum atomic E-state index is 12.5. The molecule has 2 aromatic carbocycles. The smallest absolute Gasteiger partial charge is 0.323 e. The summed E-state index contributed by atoms with van der Waals surface area (Å²) in [7, 11) is 0. The first kappa shape index (κ1) is 20.5. The van der Waals surface area contributed by atoms with E-state index in [0.29, 0.717) is 5.69 Å². The van der Waals surface area contributed by atoms with Gasteiger partial charge in [0.1, 0.15) is 11.3 Å². The second-order valence-electron chi connectivity index (χ2n) is 7.87. The molecule has 3 N–H and O–H groups in total. The lowest BCUT2D eigenvalue weighted by atomic mass is 10.00. The van der Waals surface area contributed by atoms with Crippen molar-refractivity contribution in [1.29, 1.82) is 0 Å². The normalized spacial score (nSPS) is 11.0. The number of hydrogen-bond donors (Lipinski definition) is 3. The molecule has 0 aliphatic heterocycles. The summed E-state index contributed by atoms with van der Waals surface area (Å²) in [5.41, 5.74) is 7.27. The van der Waals surface area contributed by atoms with Gasteiger partial charge in [-0.1, -0.05) is 29.8 Å². The first-order chi connectivity index (χ1) is 16.1. The second kappa shape index (κ2) is 8.63. The number of fused-ring (bicyclic) bond motifs is 1. The van der Waals surface area contributed by atoms with E-state index < -0.39 is 0 Å². The average Bonchev–Trinajstić information content (AvgIpc) is 3.48. The van der Waals surface area contributed by atoms with E-state index in [0.717, 1.165) is 51.2 Å². The van der Waals surface area contributed by atoms with Crippen molar-refractivity contribution in [3.63, 3.8) is 0 Å². The van der Waals surface area contributed by atoms with Crippen molar-refractivity contribution in [3.8, 4) is 22.4 Å². The number of benzene rings is 2. The molecule has 5 aromatic rings. The molecule has 3 aromatic heterocycles. The molecule has 0 spiro atoms. The third kappa shape index (κ3) is 4.21. The van der Waals surface area contributed by atoms with Crippen LogP contribution in [0.3, 0.4) is 0 Å². The summed E-state index contributed by atoms with van der Waals surface area (Å²) >= 11 is 0. The highest BCUT2D eigenvalue weighted by Crippen LogP contribution is 2.35. The Balaban J connectivity index is 1.46. The van der Waals surface area contributed by atoms with Gasteiger partial charge in [0.05, 0.1) is 0 Å². The molecule has 5 rings (SSSR count). The predicted molar refractivity (Wildman–Crippen MR) is 132 cm³/mol. The molecule has 0 saturated heterocycles. The number of anilines is 2. The molecule has 0 aliphatic carbocycles. The molecule has 33 heavy (non-hydrogen) atoms. The molecular formula is C26H24N6O. The number of urea groups is 1. The van der Waals surface area contributed by atoms with Gasteiger partial charge >= 0.3 is 6.03 Å². The number of carbonyl (C=O) groups is 1. The van der Waals surface area contributed by atoms with Crippen LogP contribution in [0.4, 0.5) is 16.2 Å². The van der Waals surface area contributed by atoms with E-state index in [1.165, 1.54) is 0 Å². The van der Waals surface area contributed by atoms with E-state index in [1.807, 2.05) is 78.5 Å². The minimum Gasteiger partial charge on any atom is -0.346 e. The van der Waals surface area contributed by atoms with Crippen LogP contribution in [0.2, 0.25) is 0 Å². The van der Waals surface area contributed by atoms with Crippen LogP contribution in [0, 0.1) is 6.92 Å². The van der Waals surface area contributed by atoms with Gasteiger partial charge in [-0.05, 0) is 55.8 Å². The topological polar surface area (TPSA) is 87.6 Å². The molecular weight excluding hydrogens is 412 g/mol. The lowest BCUT2D eigenvalue weighted by Crippen LogP contribution is -2.19. The molecule has 0 fully saturated rings. The SMILES string of the molecule is CCn1cc(-c2ccnc3[nH]ccc23)c(-c2cccc(NC(=O)Nc3ccc(C)cc3)c2)n1. The third-order valence-electron chi connectivity index (χ3n) is 5.54. The van der Waals surface area contributed by atoms with Crippen molar-refractivity contribution in [2.24, 2.45) is 0 Å². The second-order valence-corrected chi connectivity index (χ2v) is 7.87. The molecule has 164 valence electrons. The number of aromatic amines is 1. The van der Waals surface area contributed by atoms with Crippen LogP contribution in [-0.4, -0.2) is 25.8 Å². The number of amides is 2. The highest BCUT2D eigenvalue weighted by Gasteiger charge is 2.16. The van der Waals surface area contributed by atoms with E-state index in [9.17, 15) is 4.79 Å². The Labute approximate surface area is 191 Å². The van der Waals surface area contributed by atoms with Crippen molar-refractivity contribution in [3.05, 3.63) is 84.8 Å². The molecule has 7 heteroatoms. The average molecular weight is 437 g/mol. The maximum absolute atomic E-state index is 12.5. The van der Waals surface area contributed by atoms with Gasteiger partial charge in [0.2, 0.25) is 0 Å². The van der Waals surface area contributed by atoms with Crippen LogP contribution < -0.4 is 10.6 Å². The third-order valence-corrected chi connectivity index (χ3v) is 5.54. The van der Waals surface area contributed by atoms with Crippen molar-refractivity contribution < 1.29 is 4.79 Å². The van der Waals surface area contributed by atoms with Gasteiger partial charge in [0.25, 0.3) is 0 Å². The maximum Gasteiger partial charge on any atom is 0.323 e. The summed E-state index contributed by atoms with van der Waals surface area (Å²) in [4.78, 5) is 20.1. The number of aryl methyl sites for hydroxylation is 2. The summed E-state index contributed by atoms with van der Waals surface area (Å²) in [6, 6.07) is 19.2. The minimum absolute atomic E-state index is 0.293. The lowest BCUT2D eigenvalue weighted by Gasteiger charge is -2.10. The Hall–Kier alpha value is -4.39. The fourth-order valence-corrected chi connectivity index (χ4v) is 3.86. The Morgan fingerprint density at radius 3 is 2.64 bits per heavy atom. The fourth-order valence-electron chi connectivity index (χ4n) is 3.86. The quantitative estimate of drug-likeness (QED) is 0.313. The minimum atomic E-state index is -0.293. The van der Waals surface area contributed by atoms with Crippen molar-refractivity contribution in [2.45, 2.75) is 20.4 Å². The fraction of sp³-hybridized carbons (Fsp3) is 0.115. The zero-order valence-corrected chi connectivity index (χ0v) is 18.5. The summed E-state index contributed by atoms with van der Waals surface area (Å²) in [6.07, 6.45) is 5.75. The Kier molecular flexibility index (Phi) is 5.36. The molecule has 0 bridgehead atoms. The van der Waals surface area contributed by atoms with Crippen molar-refractivity contribution in [1.82, 2.24) is 19.7 Å². The molecule has 0 radical (unpaired) electrons. The number of pyridine rings is 1. The Morgan fingerprint density at radius 2 is 1.82 bits per heavy atom. The molecule has 0 aliphatic rings. The first-order valence-electron chi connectivity index (χ1n) is 10.9. The van der Waals surface area contributed by atoms with Crippen LogP contribution in [0.15, 0.2) is 79.3 Å². The highest BCUT2D eigenvalue weighted by atomic mass is 16.2. The monoisotopic (exact) mass is 436 g/mol. The Morgan fingerprint density at radius 1 is 1.00 bits per heavy atom. The number of nitrogens with one attached hydrogen (secondary N) is 3. The van der Waals surface area contributed by atoms with Crippen LogP contribution in [0.1, 0.15) is 12.5 Å². The summed E-state index contributed by atoms with van der Waals surface area (Å²) < 4.78 is 1.92. The first-order valence-corrected chi connectivity index (χ1v) is 10.9. The molecule has 2 amide bonds. The van der Waals surface area contributed by atoms with Gasteiger partial charge < -0.3 is 15.6 Å². The summed E-state index contributed by atoms with van der Waals surface area (Å²) in [5, 5.41) is 11.6. The van der Waals surface area contributed by atoms with E-state index in [2.05, 4.69) is 33.7 Å². The largest absolute Gasteiger partial charge is 0.346 e. The summed E-state index contributed by atoms with van der Waals surface area (Å²) in [6.45, 7) is 4.83.